The van der Waals surface area contributed by atoms with Gasteiger partial charge in [-0.3, -0.25) is 9.59 Å². The maximum Gasteiger partial charge on any atom is 0.270 e. The number of aromatic amines is 1. The molecule has 1 aromatic heterocycles. The summed E-state index contributed by atoms with van der Waals surface area (Å²) in [5.74, 6) is 0.262. The average Bonchev–Trinajstić information content (AvgIpc) is 3.15. The van der Waals surface area contributed by atoms with Crippen molar-refractivity contribution in [2.24, 2.45) is 0 Å². The van der Waals surface area contributed by atoms with Gasteiger partial charge in [0.25, 0.3) is 5.91 Å². The molecule has 5 nitrogen and oxygen atoms in total. The first-order valence-electron chi connectivity index (χ1n) is 9.63. The van der Waals surface area contributed by atoms with Crippen LogP contribution in [0.5, 0.6) is 5.75 Å². The van der Waals surface area contributed by atoms with Crippen molar-refractivity contribution in [2.45, 2.75) is 24.9 Å². The predicted molar refractivity (Wildman–Crippen MR) is 117 cm³/mol. The number of benzene rings is 2. The fraction of sp³-hybridized carbons (Fsp3) is 0.273. The number of Topliss-reactive ketones (excluding diaryl/α,β-unsaturated/α-hetero) is 1. The van der Waals surface area contributed by atoms with Gasteiger partial charge in [-0.15, -0.1) is 0 Å². The van der Waals surface area contributed by atoms with Crippen molar-refractivity contribution < 1.29 is 14.3 Å². The highest BCUT2D eigenvalue weighted by Gasteiger charge is 2.44. The van der Waals surface area contributed by atoms with Crippen LogP contribution in [0, 0.1) is 0 Å². The van der Waals surface area contributed by atoms with Crippen molar-refractivity contribution in [1.82, 2.24) is 9.88 Å². The number of rotatable bonds is 1. The molecule has 1 N–H and O–H groups in total. The van der Waals surface area contributed by atoms with Gasteiger partial charge in [0, 0.05) is 36.3 Å². The van der Waals surface area contributed by atoms with Gasteiger partial charge in [0.15, 0.2) is 5.78 Å². The molecule has 2 aliphatic heterocycles. The number of hydrogen-bond acceptors (Lipinski definition) is 3. The number of aromatic nitrogens is 1. The first kappa shape index (κ1) is 19.7. The van der Waals surface area contributed by atoms with E-state index in [0.29, 0.717) is 58.0 Å². The van der Waals surface area contributed by atoms with Crippen molar-refractivity contribution in [3.63, 3.8) is 0 Å². The molecular formula is C22H17Cl3N2O3. The minimum absolute atomic E-state index is 0.0364. The van der Waals surface area contributed by atoms with Crippen molar-refractivity contribution >= 4 is 57.4 Å². The first-order chi connectivity index (χ1) is 14.3. The number of fused-ring (bicyclic) bond motifs is 2. The number of likely N-dealkylation sites (tertiary alicyclic amines) is 1. The number of H-pyrrole nitrogens is 1. The third kappa shape index (κ3) is 3.25. The van der Waals surface area contributed by atoms with Crippen molar-refractivity contribution in [2.75, 3.05) is 13.1 Å². The third-order valence-electron chi connectivity index (χ3n) is 5.91. The number of halogens is 3. The number of ketones is 1. The molecule has 3 heterocycles. The molecule has 8 heteroatoms. The molecule has 1 spiro atoms. The lowest BCUT2D eigenvalue weighted by Gasteiger charge is -2.44. The quantitative estimate of drug-likeness (QED) is 0.498. The molecule has 1 saturated heterocycles. The van der Waals surface area contributed by atoms with Gasteiger partial charge in [0.05, 0.1) is 27.5 Å². The maximum atomic E-state index is 13.0. The van der Waals surface area contributed by atoms with Crippen LogP contribution in [0.2, 0.25) is 15.1 Å². The van der Waals surface area contributed by atoms with Gasteiger partial charge in [-0.2, -0.15) is 0 Å². The number of hydrogen-bond donors (Lipinski definition) is 1. The Morgan fingerprint density at radius 2 is 1.83 bits per heavy atom. The van der Waals surface area contributed by atoms with Crippen LogP contribution in [0.15, 0.2) is 36.4 Å². The molecule has 154 valence electrons. The van der Waals surface area contributed by atoms with Crippen LogP contribution in [0.4, 0.5) is 0 Å². The van der Waals surface area contributed by atoms with Crippen LogP contribution in [0.3, 0.4) is 0 Å². The van der Waals surface area contributed by atoms with Crippen LogP contribution >= 0.6 is 34.8 Å². The van der Waals surface area contributed by atoms with Crippen LogP contribution in [-0.2, 0) is 0 Å². The molecule has 0 atom stereocenters. The SMILES string of the molecule is O=C1CC2(CCN(C(=O)c3cc4cccc(Cl)c4[nH]3)CC2)Oc2c(Cl)cc(Cl)cc21. The molecule has 30 heavy (non-hydrogen) atoms. The van der Waals surface area contributed by atoms with Gasteiger partial charge in [0.1, 0.15) is 17.0 Å². The van der Waals surface area contributed by atoms with E-state index < -0.39 is 5.60 Å². The number of nitrogens with one attached hydrogen (secondary N) is 1. The summed E-state index contributed by atoms with van der Waals surface area (Å²) in [4.78, 5) is 30.7. The van der Waals surface area contributed by atoms with Crippen LogP contribution in [0.25, 0.3) is 10.9 Å². The zero-order valence-corrected chi connectivity index (χ0v) is 18.1. The second-order valence-corrected chi connectivity index (χ2v) is 9.08. The van der Waals surface area contributed by atoms with Crippen molar-refractivity contribution in [3.8, 4) is 5.75 Å². The molecule has 2 aromatic carbocycles. The molecule has 0 bridgehead atoms. The Hall–Kier alpha value is -2.21. The molecule has 0 radical (unpaired) electrons. The highest BCUT2D eigenvalue weighted by Crippen LogP contribution is 2.44. The summed E-state index contributed by atoms with van der Waals surface area (Å²) in [6.07, 6.45) is 1.34. The summed E-state index contributed by atoms with van der Waals surface area (Å²) in [5, 5.41) is 2.21. The van der Waals surface area contributed by atoms with E-state index in [1.807, 2.05) is 18.2 Å². The smallest absolute Gasteiger partial charge is 0.270 e. The lowest BCUT2D eigenvalue weighted by atomic mass is 9.82. The van der Waals surface area contributed by atoms with E-state index in [2.05, 4.69) is 4.98 Å². The third-order valence-corrected chi connectivity index (χ3v) is 6.72. The Labute approximate surface area is 187 Å². The molecule has 0 unspecified atom stereocenters. The number of para-hydroxylation sites is 1. The molecule has 5 rings (SSSR count). The fourth-order valence-electron chi connectivity index (χ4n) is 4.31. The molecule has 0 saturated carbocycles. The molecule has 1 amide bonds. The Balaban J connectivity index is 1.35. The van der Waals surface area contributed by atoms with Crippen molar-refractivity contribution in [1.29, 1.82) is 0 Å². The standard InChI is InChI=1S/C22H17Cl3N2O3/c23-13-9-14-18(28)11-22(30-20(14)16(25)10-13)4-6-27(7-5-22)21(29)17-8-12-2-1-3-15(24)19(12)26-17/h1-3,8-10,26H,4-7,11H2. The molecule has 3 aromatic rings. The topological polar surface area (TPSA) is 62.4 Å². The summed E-state index contributed by atoms with van der Waals surface area (Å²) in [6, 6.07) is 10.5. The number of ether oxygens (including phenoxy) is 1. The maximum absolute atomic E-state index is 13.0. The second-order valence-electron chi connectivity index (χ2n) is 7.83. The minimum Gasteiger partial charge on any atom is -0.484 e. The second kappa shape index (κ2) is 7.19. The first-order valence-corrected chi connectivity index (χ1v) is 10.8. The Kier molecular flexibility index (Phi) is 4.73. The largest absolute Gasteiger partial charge is 0.484 e. The van der Waals surface area contributed by atoms with Gasteiger partial charge in [-0.1, -0.05) is 46.9 Å². The van der Waals surface area contributed by atoms with E-state index in [4.69, 9.17) is 39.5 Å². The number of nitrogens with zero attached hydrogens (tertiary/aromatic N) is 1. The summed E-state index contributed by atoms with van der Waals surface area (Å²) in [5.41, 5.74) is 1.02. The normalized spacial score (nSPS) is 17.8. The van der Waals surface area contributed by atoms with E-state index in [1.165, 1.54) is 0 Å². The van der Waals surface area contributed by atoms with E-state index >= 15 is 0 Å². The van der Waals surface area contributed by atoms with Crippen LogP contribution in [-0.4, -0.2) is 40.3 Å². The summed E-state index contributed by atoms with van der Waals surface area (Å²) < 4.78 is 6.24. The van der Waals surface area contributed by atoms with Gasteiger partial charge in [-0.25, -0.2) is 0 Å². The monoisotopic (exact) mass is 462 g/mol. The Morgan fingerprint density at radius 3 is 2.57 bits per heavy atom. The van der Waals surface area contributed by atoms with E-state index in [9.17, 15) is 9.59 Å². The van der Waals surface area contributed by atoms with Crippen LogP contribution in [0.1, 0.15) is 40.1 Å². The zero-order valence-electron chi connectivity index (χ0n) is 15.8. The summed E-state index contributed by atoms with van der Waals surface area (Å²) in [7, 11) is 0. The van der Waals surface area contributed by atoms with Gasteiger partial charge < -0.3 is 14.6 Å². The van der Waals surface area contributed by atoms with Gasteiger partial charge in [-0.05, 0) is 24.3 Å². The fourth-order valence-corrected chi connectivity index (χ4v) is 5.07. The Morgan fingerprint density at radius 1 is 1.07 bits per heavy atom. The molecule has 1 fully saturated rings. The van der Waals surface area contributed by atoms with Gasteiger partial charge in [0.2, 0.25) is 0 Å². The Bertz CT molecular complexity index is 1200. The number of piperidine rings is 1. The average molecular weight is 464 g/mol. The number of amides is 1. The lowest BCUT2D eigenvalue weighted by molar-refractivity contribution is -0.00577. The molecule has 2 aliphatic rings. The van der Waals surface area contributed by atoms with Gasteiger partial charge >= 0.3 is 0 Å². The molecule has 0 aliphatic carbocycles. The predicted octanol–water partition coefficient (Wildman–Crippen LogP) is 5.77. The number of carbonyl (C=O) groups is 2. The number of carbonyl (C=O) groups excluding carboxylic acids is 2. The lowest BCUT2D eigenvalue weighted by Crippen LogP contribution is -2.52. The highest BCUT2D eigenvalue weighted by atomic mass is 35.5. The van der Waals surface area contributed by atoms with E-state index in [1.54, 1.807) is 23.1 Å². The van der Waals surface area contributed by atoms with E-state index in [0.717, 1.165) is 10.9 Å². The van der Waals surface area contributed by atoms with Crippen LogP contribution < -0.4 is 4.74 Å². The van der Waals surface area contributed by atoms with E-state index in [-0.39, 0.29) is 18.1 Å². The minimum atomic E-state index is -0.651. The molecular weight excluding hydrogens is 447 g/mol. The summed E-state index contributed by atoms with van der Waals surface area (Å²) in [6.45, 7) is 0.964. The summed E-state index contributed by atoms with van der Waals surface area (Å²) >= 11 is 18.5. The highest BCUT2D eigenvalue weighted by molar-refractivity contribution is 6.36. The zero-order chi connectivity index (χ0) is 21.0. The van der Waals surface area contributed by atoms with Crippen molar-refractivity contribution in [3.05, 3.63) is 62.7 Å².